The minimum Gasteiger partial charge on any atom is -0.473 e. The van der Waals surface area contributed by atoms with Crippen LogP contribution >= 0.6 is 11.6 Å². The number of fused-ring (bicyclic) bond motifs is 3. The molecule has 124 valence electrons. The fourth-order valence-corrected chi connectivity index (χ4v) is 3.49. The Balaban J connectivity index is 1.71. The highest BCUT2D eigenvalue weighted by Crippen LogP contribution is 2.42. The van der Waals surface area contributed by atoms with Crippen molar-refractivity contribution in [1.82, 2.24) is 10.4 Å². The van der Waals surface area contributed by atoms with E-state index >= 15 is 0 Å². The van der Waals surface area contributed by atoms with Crippen molar-refractivity contribution in [3.8, 4) is 5.75 Å². The van der Waals surface area contributed by atoms with Gasteiger partial charge in [-0.15, -0.1) is 0 Å². The lowest BCUT2D eigenvalue weighted by Crippen LogP contribution is -2.49. The summed E-state index contributed by atoms with van der Waals surface area (Å²) >= 11 is 6.02. The van der Waals surface area contributed by atoms with E-state index in [2.05, 4.69) is 48.6 Å². The molecule has 0 spiro atoms. The predicted molar refractivity (Wildman–Crippen MR) is 97.5 cm³/mol. The zero-order valence-electron chi connectivity index (χ0n) is 13.9. The van der Waals surface area contributed by atoms with E-state index in [-0.39, 0.29) is 12.3 Å². The number of nitrogens with zero attached hydrogens (tertiary/aromatic N) is 1. The molecular weight excluding hydrogens is 320 g/mol. The number of para-hydroxylation sites is 1. The average Bonchev–Trinajstić information content (AvgIpc) is 3.01. The molecule has 4 rings (SSSR count). The SMILES string of the molecule is CC(C)C[C@H]1Oc2ccccc2[C@@H]2C=C(c3ccc(Cl)cc3)NN12. The van der Waals surface area contributed by atoms with E-state index in [9.17, 15) is 0 Å². The molecule has 2 aliphatic heterocycles. The minimum atomic E-state index is 0.0194. The van der Waals surface area contributed by atoms with E-state index in [1.54, 1.807) is 0 Å². The van der Waals surface area contributed by atoms with Crippen LogP contribution in [0.2, 0.25) is 5.02 Å². The molecule has 2 aliphatic rings. The number of hydrazine groups is 1. The molecule has 24 heavy (non-hydrogen) atoms. The maximum Gasteiger partial charge on any atom is 0.170 e. The van der Waals surface area contributed by atoms with Crippen molar-refractivity contribution >= 4 is 17.3 Å². The summed E-state index contributed by atoms with van der Waals surface area (Å²) in [4.78, 5) is 0. The molecule has 0 unspecified atom stereocenters. The Kier molecular flexibility index (Phi) is 3.99. The fourth-order valence-electron chi connectivity index (χ4n) is 3.37. The number of ether oxygens (including phenoxy) is 1. The van der Waals surface area contributed by atoms with Crippen LogP contribution in [0, 0.1) is 5.92 Å². The molecule has 0 aliphatic carbocycles. The van der Waals surface area contributed by atoms with Gasteiger partial charge in [-0.05, 0) is 35.8 Å². The van der Waals surface area contributed by atoms with Crippen molar-refractivity contribution in [3.63, 3.8) is 0 Å². The Hall–Kier alpha value is -1.97. The highest BCUT2D eigenvalue weighted by molar-refractivity contribution is 6.30. The van der Waals surface area contributed by atoms with Crippen LogP contribution in [0.5, 0.6) is 5.75 Å². The van der Waals surface area contributed by atoms with E-state index in [0.29, 0.717) is 5.92 Å². The van der Waals surface area contributed by atoms with Crippen LogP contribution in [0.3, 0.4) is 0 Å². The smallest absolute Gasteiger partial charge is 0.170 e. The van der Waals surface area contributed by atoms with Gasteiger partial charge in [0.2, 0.25) is 0 Å². The first-order chi connectivity index (χ1) is 11.6. The van der Waals surface area contributed by atoms with Gasteiger partial charge in [-0.2, -0.15) is 5.01 Å². The van der Waals surface area contributed by atoms with Crippen molar-refractivity contribution in [3.05, 3.63) is 70.8 Å². The second kappa shape index (κ2) is 6.15. The maximum atomic E-state index is 6.27. The van der Waals surface area contributed by atoms with Crippen LogP contribution in [0.25, 0.3) is 5.70 Å². The Morgan fingerprint density at radius 1 is 1.12 bits per heavy atom. The van der Waals surface area contributed by atoms with Gasteiger partial charge in [-0.25, -0.2) is 0 Å². The maximum absolute atomic E-state index is 6.27. The molecule has 0 radical (unpaired) electrons. The zero-order chi connectivity index (χ0) is 16.7. The van der Waals surface area contributed by atoms with E-state index in [1.807, 2.05) is 30.3 Å². The molecule has 2 atom stereocenters. The molecule has 4 heteroatoms. The van der Waals surface area contributed by atoms with Crippen molar-refractivity contribution in [1.29, 1.82) is 0 Å². The number of benzene rings is 2. The second-order valence-electron chi connectivity index (χ2n) is 6.79. The molecule has 3 nitrogen and oxygen atoms in total. The molecule has 0 amide bonds. The minimum absolute atomic E-state index is 0.0194. The Labute approximate surface area is 147 Å². The molecular formula is C20H21ClN2O. The molecule has 2 heterocycles. The predicted octanol–water partition coefficient (Wildman–Crippen LogP) is 5.01. The summed E-state index contributed by atoms with van der Waals surface area (Å²) in [5.41, 5.74) is 6.99. The van der Waals surface area contributed by atoms with Crippen LogP contribution in [-0.4, -0.2) is 11.2 Å². The van der Waals surface area contributed by atoms with Crippen molar-refractivity contribution in [2.45, 2.75) is 32.5 Å². The summed E-state index contributed by atoms with van der Waals surface area (Å²) in [7, 11) is 0. The highest BCUT2D eigenvalue weighted by atomic mass is 35.5. The number of rotatable bonds is 3. The molecule has 1 N–H and O–H groups in total. The molecule has 2 aromatic carbocycles. The van der Waals surface area contributed by atoms with Crippen LogP contribution in [0.4, 0.5) is 0 Å². The quantitative estimate of drug-likeness (QED) is 0.850. The summed E-state index contributed by atoms with van der Waals surface area (Å²) in [5, 5.41) is 2.98. The first-order valence-electron chi connectivity index (χ1n) is 8.40. The number of hydrogen-bond donors (Lipinski definition) is 1. The van der Waals surface area contributed by atoms with Gasteiger partial charge in [-0.1, -0.05) is 55.8 Å². The lowest BCUT2D eigenvalue weighted by molar-refractivity contribution is -0.0418. The zero-order valence-corrected chi connectivity index (χ0v) is 14.6. The second-order valence-corrected chi connectivity index (χ2v) is 7.23. The normalized spacial score (nSPS) is 22.4. The number of hydrogen-bond acceptors (Lipinski definition) is 3. The topological polar surface area (TPSA) is 24.5 Å². The summed E-state index contributed by atoms with van der Waals surface area (Å²) in [6.45, 7) is 4.45. The Morgan fingerprint density at radius 3 is 2.62 bits per heavy atom. The summed E-state index contributed by atoms with van der Waals surface area (Å²) < 4.78 is 6.27. The van der Waals surface area contributed by atoms with Gasteiger partial charge in [0, 0.05) is 17.0 Å². The Bertz CT molecular complexity index is 769. The lowest BCUT2D eigenvalue weighted by Gasteiger charge is -2.39. The monoisotopic (exact) mass is 340 g/mol. The molecule has 2 aromatic rings. The molecule has 0 aromatic heterocycles. The molecule has 0 fully saturated rings. The van der Waals surface area contributed by atoms with Crippen molar-refractivity contribution < 1.29 is 4.74 Å². The third-order valence-corrected chi connectivity index (χ3v) is 4.76. The van der Waals surface area contributed by atoms with Gasteiger partial charge in [-0.3, -0.25) is 0 Å². The van der Waals surface area contributed by atoms with Crippen LogP contribution in [-0.2, 0) is 0 Å². The third-order valence-electron chi connectivity index (χ3n) is 4.51. The molecule has 0 saturated carbocycles. The first-order valence-corrected chi connectivity index (χ1v) is 8.78. The van der Waals surface area contributed by atoms with E-state index in [0.717, 1.165) is 28.5 Å². The lowest BCUT2D eigenvalue weighted by atomic mass is 10.0. The van der Waals surface area contributed by atoms with Gasteiger partial charge in [0.1, 0.15) is 5.75 Å². The fraction of sp³-hybridized carbons (Fsp3) is 0.300. The number of halogens is 1. The van der Waals surface area contributed by atoms with E-state index in [4.69, 9.17) is 16.3 Å². The summed E-state index contributed by atoms with van der Waals surface area (Å²) in [6.07, 6.45) is 3.27. The highest BCUT2D eigenvalue weighted by Gasteiger charge is 2.39. The first kappa shape index (κ1) is 15.6. The standard InChI is InChI=1S/C20H21ClN2O/c1-13(2)11-20-23-18(16-5-3-4-6-19(16)24-20)12-17(22-23)14-7-9-15(21)10-8-14/h3-10,12-13,18,20,22H,11H2,1-2H3/t18-,20+/m0/s1. The van der Waals surface area contributed by atoms with Gasteiger partial charge in [0.05, 0.1) is 11.7 Å². The van der Waals surface area contributed by atoms with Crippen molar-refractivity contribution in [2.24, 2.45) is 5.92 Å². The van der Waals surface area contributed by atoms with Crippen LogP contribution in [0.1, 0.15) is 37.4 Å². The van der Waals surface area contributed by atoms with Crippen molar-refractivity contribution in [2.75, 3.05) is 0 Å². The Morgan fingerprint density at radius 2 is 1.88 bits per heavy atom. The van der Waals surface area contributed by atoms with Gasteiger partial charge in [0.25, 0.3) is 0 Å². The third kappa shape index (κ3) is 2.79. The number of nitrogens with one attached hydrogen (secondary N) is 1. The van der Waals surface area contributed by atoms with Crippen LogP contribution in [0.15, 0.2) is 54.6 Å². The summed E-state index contributed by atoms with van der Waals surface area (Å²) in [6, 6.07) is 16.4. The van der Waals surface area contributed by atoms with E-state index < -0.39 is 0 Å². The van der Waals surface area contributed by atoms with Gasteiger partial charge < -0.3 is 10.2 Å². The van der Waals surface area contributed by atoms with Gasteiger partial charge in [0.15, 0.2) is 6.23 Å². The molecule has 0 bridgehead atoms. The van der Waals surface area contributed by atoms with Crippen LogP contribution < -0.4 is 10.2 Å². The van der Waals surface area contributed by atoms with E-state index in [1.165, 1.54) is 5.56 Å². The largest absolute Gasteiger partial charge is 0.473 e. The molecule has 0 saturated heterocycles. The van der Waals surface area contributed by atoms with Gasteiger partial charge >= 0.3 is 0 Å². The summed E-state index contributed by atoms with van der Waals surface area (Å²) in [5.74, 6) is 1.54. The average molecular weight is 341 g/mol.